The zero-order chi connectivity index (χ0) is 25.3. The fourth-order valence-corrected chi connectivity index (χ4v) is 3.25. The van der Waals surface area contributed by atoms with Crippen LogP contribution in [-0.4, -0.2) is 81.2 Å². The number of hydrogen-bond acceptors (Lipinski definition) is 7. The van der Waals surface area contributed by atoms with E-state index in [1.165, 1.54) is 0 Å². The number of hydrogen-bond donors (Lipinski definition) is 8. The molecule has 34 heavy (non-hydrogen) atoms. The van der Waals surface area contributed by atoms with Crippen LogP contribution in [0.25, 0.3) is 10.9 Å². The Hall–Kier alpha value is -3.97. The summed E-state index contributed by atoms with van der Waals surface area (Å²) in [5, 5.41) is 35.3. The highest BCUT2D eigenvalue weighted by Crippen LogP contribution is 2.19. The Morgan fingerprint density at radius 3 is 2.21 bits per heavy atom. The molecule has 13 nitrogen and oxygen atoms in total. The van der Waals surface area contributed by atoms with Crippen molar-refractivity contribution in [3.63, 3.8) is 0 Å². The van der Waals surface area contributed by atoms with Gasteiger partial charge in [0.05, 0.1) is 13.2 Å². The lowest BCUT2D eigenvalue weighted by Crippen LogP contribution is -2.57. The Labute approximate surface area is 193 Å². The molecular formula is C21H27N5O8. The minimum Gasteiger partial charge on any atom is -0.481 e. The number of carboxylic acids is 2. The number of aliphatic hydroxyl groups is 1. The van der Waals surface area contributed by atoms with E-state index in [0.717, 1.165) is 10.9 Å². The number of carbonyl (C=O) groups is 5. The van der Waals surface area contributed by atoms with Crippen molar-refractivity contribution in [2.45, 2.75) is 37.4 Å². The predicted octanol–water partition coefficient (Wildman–Crippen LogP) is -1.93. The molecule has 1 heterocycles. The second-order valence-corrected chi connectivity index (χ2v) is 7.46. The third kappa shape index (κ3) is 7.28. The molecule has 1 aromatic carbocycles. The van der Waals surface area contributed by atoms with Crippen LogP contribution < -0.4 is 21.7 Å². The van der Waals surface area contributed by atoms with Crippen molar-refractivity contribution in [3.8, 4) is 0 Å². The third-order valence-corrected chi connectivity index (χ3v) is 5.01. The summed E-state index contributed by atoms with van der Waals surface area (Å²) in [7, 11) is 0. The molecular weight excluding hydrogens is 450 g/mol. The number of amides is 3. The number of rotatable bonds is 13. The van der Waals surface area contributed by atoms with Crippen LogP contribution >= 0.6 is 0 Å². The summed E-state index contributed by atoms with van der Waals surface area (Å²) in [6.45, 7) is -1.19. The third-order valence-electron chi connectivity index (χ3n) is 5.01. The SMILES string of the molecule is NCC(=O)NC(CO)C(=O)NC(Cc1c[nH]c2ccccc12)C(=O)NC(CCC(=O)O)C(=O)O. The number of aromatic nitrogens is 1. The van der Waals surface area contributed by atoms with Crippen LogP contribution in [0.3, 0.4) is 0 Å². The molecule has 0 spiro atoms. The number of H-pyrrole nitrogens is 1. The van der Waals surface area contributed by atoms with Crippen molar-refractivity contribution in [2.24, 2.45) is 5.73 Å². The summed E-state index contributed by atoms with van der Waals surface area (Å²) < 4.78 is 0. The normalized spacial score (nSPS) is 13.5. The number of aliphatic carboxylic acids is 2. The van der Waals surface area contributed by atoms with E-state index in [0.29, 0.717) is 5.56 Å². The molecule has 13 heteroatoms. The standard InChI is InChI=1S/C21H27N5O8/c22-8-17(28)24-16(10-27)20(32)26-15(7-11-9-23-13-4-2-1-3-12(11)13)19(31)25-14(21(33)34)5-6-18(29)30/h1-4,9,14-16,23,27H,5-8,10,22H2,(H,24,28)(H,25,31)(H,26,32)(H,29,30)(H,33,34). The minimum absolute atomic E-state index is 0.0597. The quantitative estimate of drug-likeness (QED) is 0.160. The fraction of sp³-hybridized carbons (Fsp3) is 0.381. The number of aliphatic hydroxyl groups excluding tert-OH is 1. The molecule has 0 fully saturated rings. The van der Waals surface area contributed by atoms with Crippen molar-refractivity contribution in [1.82, 2.24) is 20.9 Å². The molecule has 0 aliphatic heterocycles. The van der Waals surface area contributed by atoms with Gasteiger partial charge in [-0.25, -0.2) is 4.79 Å². The van der Waals surface area contributed by atoms with E-state index < -0.39 is 67.4 Å². The van der Waals surface area contributed by atoms with Gasteiger partial charge in [0.25, 0.3) is 0 Å². The average molecular weight is 477 g/mol. The van der Waals surface area contributed by atoms with Crippen LogP contribution in [0, 0.1) is 0 Å². The Morgan fingerprint density at radius 1 is 0.941 bits per heavy atom. The van der Waals surface area contributed by atoms with Gasteiger partial charge in [-0.2, -0.15) is 0 Å². The number of nitrogens with two attached hydrogens (primary N) is 1. The molecule has 2 rings (SSSR count). The molecule has 0 saturated heterocycles. The van der Waals surface area contributed by atoms with Gasteiger partial charge in [0.15, 0.2) is 0 Å². The first kappa shape index (κ1) is 26.3. The first-order valence-corrected chi connectivity index (χ1v) is 10.4. The van der Waals surface area contributed by atoms with Crippen LogP contribution in [0.15, 0.2) is 30.5 Å². The summed E-state index contributed by atoms with van der Waals surface area (Å²) in [6, 6.07) is 2.99. The fourth-order valence-electron chi connectivity index (χ4n) is 3.25. The Kier molecular flexibility index (Phi) is 9.52. The summed E-state index contributed by atoms with van der Waals surface area (Å²) in [5.41, 5.74) is 6.62. The number of benzene rings is 1. The maximum Gasteiger partial charge on any atom is 0.326 e. The van der Waals surface area contributed by atoms with Crippen molar-refractivity contribution >= 4 is 40.6 Å². The Bertz CT molecular complexity index is 1050. The number of aromatic amines is 1. The number of nitrogens with one attached hydrogen (secondary N) is 4. The van der Waals surface area contributed by atoms with Crippen molar-refractivity contribution in [2.75, 3.05) is 13.2 Å². The zero-order valence-corrected chi connectivity index (χ0v) is 18.1. The van der Waals surface area contributed by atoms with Gasteiger partial charge in [0.2, 0.25) is 17.7 Å². The second-order valence-electron chi connectivity index (χ2n) is 7.46. The molecule has 0 radical (unpaired) electrons. The van der Waals surface area contributed by atoms with Gasteiger partial charge in [-0.3, -0.25) is 19.2 Å². The van der Waals surface area contributed by atoms with Gasteiger partial charge in [-0.1, -0.05) is 18.2 Å². The van der Waals surface area contributed by atoms with E-state index in [-0.39, 0.29) is 12.8 Å². The van der Waals surface area contributed by atoms with E-state index in [1.807, 2.05) is 6.07 Å². The zero-order valence-electron chi connectivity index (χ0n) is 18.1. The van der Waals surface area contributed by atoms with Gasteiger partial charge in [-0.05, 0) is 18.1 Å². The van der Waals surface area contributed by atoms with Crippen LogP contribution in [0.2, 0.25) is 0 Å². The highest BCUT2D eigenvalue weighted by molar-refractivity contribution is 5.94. The Balaban J connectivity index is 2.27. The van der Waals surface area contributed by atoms with Crippen molar-refractivity contribution in [3.05, 3.63) is 36.0 Å². The number of carbonyl (C=O) groups excluding carboxylic acids is 3. The number of para-hydroxylation sites is 1. The summed E-state index contributed by atoms with van der Waals surface area (Å²) in [6.07, 6.45) is 0.718. The number of carboxylic acid groups (broad SMARTS) is 2. The summed E-state index contributed by atoms with van der Waals surface area (Å²) in [5.74, 6) is -5.13. The van der Waals surface area contributed by atoms with E-state index in [1.54, 1.807) is 24.4 Å². The molecule has 184 valence electrons. The van der Waals surface area contributed by atoms with Crippen molar-refractivity contribution < 1.29 is 39.3 Å². The monoisotopic (exact) mass is 477 g/mol. The summed E-state index contributed by atoms with van der Waals surface area (Å²) >= 11 is 0. The van der Waals surface area contributed by atoms with E-state index in [4.69, 9.17) is 10.8 Å². The second kappa shape index (κ2) is 12.3. The topological polar surface area (TPSA) is 224 Å². The first-order valence-electron chi connectivity index (χ1n) is 10.4. The number of fused-ring (bicyclic) bond motifs is 1. The van der Waals surface area contributed by atoms with E-state index in [9.17, 15) is 34.2 Å². The highest BCUT2D eigenvalue weighted by Gasteiger charge is 2.30. The van der Waals surface area contributed by atoms with Crippen LogP contribution in [0.5, 0.6) is 0 Å². The van der Waals surface area contributed by atoms with Gasteiger partial charge in [-0.15, -0.1) is 0 Å². The van der Waals surface area contributed by atoms with Gasteiger partial charge in [0, 0.05) is 29.9 Å². The van der Waals surface area contributed by atoms with Gasteiger partial charge in [0.1, 0.15) is 18.1 Å². The summed E-state index contributed by atoms with van der Waals surface area (Å²) in [4.78, 5) is 62.5. The van der Waals surface area contributed by atoms with Crippen molar-refractivity contribution in [1.29, 1.82) is 0 Å². The molecule has 1 aromatic heterocycles. The van der Waals surface area contributed by atoms with Crippen LogP contribution in [-0.2, 0) is 30.4 Å². The van der Waals surface area contributed by atoms with Gasteiger partial charge >= 0.3 is 11.9 Å². The maximum atomic E-state index is 13.0. The lowest BCUT2D eigenvalue weighted by Gasteiger charge is -2.23. The van der Waals surface area contributed by atoms with Gasteiger partial charge < -0.3 is 42.0 Å². The largest absolute Gasteiger partial charge is 0.481 e. The predicted molar refractivity (Wildman–Crippen MR) is 118 cm³/mol. The highest BCUT2D eigenvalue weighted by atomic mass is 16.4. The first-order chi connectivity index (χ1) is 16.2. The van der Waals surface area contributed by atoms with E-state index >= 15 is 0 Å². The minimum atomic E-state index is -1.50. The lowest BCUT2D eigenvalue weighted by molar-refractivity contribution is -0.143. The maximum absolute atomic E-state index is 13.0. The molecule has 3 unspecified atom stereocenters. The molecule has 2 aromatic rings. The van der Waals surface area contributed by atoms with Crippen LogP contribution in [0.4, 0.5) is 0 Å². The van der Waals surface area contributed by atoms with Crippen LogP contribution in [0.1, 0.15) is 18.4 Å². The van der Waals surface area contributed by atoms with E-state index in [2.05, 4.69) is 20.9 Å². The molecule has 0 aliphatic carbocycles. The molecule has 0 bridgehead atoms. The molecule has 0 saturated carbocycles. The molecule has 0 aliphatic rings. The molecule has 3 amide bonds. The molecule has 3 atom stereocenters. The lowest BCUT2D eigenvalue weighted by atomic mass is 10.0. The molecule has 9 N–H and O–H groups in total. The smallest absolute Gasteiger partial charge is 0.326 e. The Morgan fingerprint density at radius 2 is 1.59 bits per heavy atom. The average Bonchev–Trinajstić information content (AvgIpc) is 3.21.